The van der Waals surface area contributed by atoms with E-state index in [-0.39, 0.29) is 22.8 Å². The number of benzene rings is 1. The number of nitrogens with zero attached hydrogens (tertiary/aromatic N) is 1. The third-order valence-corrected chi connectivity index (χ3v) is 8.87. The van der Waals surface area contributed by atoms with E-state index >= 15 is 0 Å². The summed E-state index contributed by atoms with van der Waals surface area (Å²) in [5.74, 6) is 0. The molecule has 14 heteroatoms. The van der Waals surface area contributed by atoms with E-state index in [1.807, 2.05) is 0 Å². The summed E-state index contributed by atoms with van der Waals surface area (Å²) in [6, 6.07) is 5.69. The van der Waals surface area contributed by atoms with Crippen LogP contribution in [0.25, 0.3) is 11.6 Å². The Balaban J connectivity index is 0.000000458. The van der Waals surface area contributed by atoms with Crippen molar-refractivity contribution in [3.63, 3.8) is 0 Å². The quantitative estimate of drug-likeness (QED) is 0.361. The van der Waals surface area contributed by atoms with Gasteiger partial charge in [-0.2, -0.15) is 26.3 Å². The second kappa shape index (κ2) is 10.4. The highest BCUT2D eigenvalue weighted by molar-refractivity contribution is 8.00. The Bertz CT molecular complexity index is 1380. The van der Waals surface area contributed by atoms with E-state index in [0.29, 0.717) is 0 Å². The highest BCUT2D eigenvalue weighted by Gasteiger charge is 2.57. The number of allylic oxidation sites excluding steroid dienone is 4. The minimum Gasteiger partial charge on any atom is -0.328 e. The van der Waals surface area contributed by atoms with Gasteiger partial charge in [0.05, 0.1) is 37.8 Å². The average molecular weight is 574 g/mol. The molecule has 2 aliphatic carbocycles. The van der Waals surface area contributed by atoms with Crippen molar-refractivity contribution in [1.82, 2.24) is 0 Å². The summed E-state index contributed by atoms with van der Waals surface area (Å²) in [4.78, 5) is -4.38. The van der Waals surface area contributed by atoms with E-state index in [9.17, 15) is 43.2 Å². The van der Waals surface area contributed by atoms with E-state index in [1.165, 1.54) is 54.7 Å². The molecule has 2 aliphatic rings. The van der Waals surface area contributed by atoms with Crippen molar-refractivity contribution < 1.29 is 47.7 Å². The van der Waals surface area contributed by atoms with Crippen LogP contribution < -0.4 is 0 Å². The molecular weight excluding hydrogens is 546 g/mol. The Kier molecular flexibility index (Phi) is 8.62. The third kappa shape index (κ3) is 6.01. The summed E-state index contributed by atoms with van der Waals surface area (Å²) in [6.45, 7) is 7.12. The largest absolute Gasteiger partial charge is 0.502 e. The first-order valence-electron chi connectivity index (χ1n) is 11.0. The molecule has 0 amide bonds. The van der Waals surface area contributed by atoms with E-state index in [1.54, 1.807) is 0 Å². The lowest BCUT2D eigenvalue weighted by molar-refractivity contribution is -0.890. The van der Waals surface area contributed by atoms with Crippen LogP contribution in [0.1, 0.15) is 37.8 Å². The zero-order chi connectivity index (χ0) is 28.6. The second-order valence-corrected chi connectivity index (χ2v) is 12.8. The fraction of sp³-hybridized carbons (Fsp3) is 0.435. The van der Waals surface area contributed by atoms with Gasteiger partial charge in [-0.15, -0.1) is 0 Å². The molecule has 206 valence electrons. The molecule has 0 fully saturated rings. The molecule has 0 saturated heterocycles. The normalized spacial score (nSPS) is 16.4. The van der Waals surface area contributed by atoms with Crippen LogP contribution >= 0.6 is 0 Å². The van der Waals surface area contributed by atoms with Crippen LogP contribution in [0.5, 0.6) is 0 Å². The molecule has 0 radical (unpaired) electrons. The molecule has 0 atom stereocenters. The van der Waals surface area contributed by atoms with E-state index < -0.39 is 51.8 Å². The maximum absolute atomic E-state index is 13.0. The Morgan fingerprint density at radius 3 is 1.73 bits per heavy atom. The van der Waals surface area contributed by atoms with Crippen molar-refractivity contribution in [3.8, 4) is 0 Å². The summed E-state index contributed by atoms with van der Waals surface area (Å²) < 4.78 is 127. The van der Waals surface area contributed by atoms with Crippen LogP contribution in [-0.4, -0.2) is 65.2 Å². The molecule has 0 aliphatic heterocycles. The van der Waals surface area contributed by atoms with Gasteiger partial charge in [-0.1, -0.05) is 38.1 Å². The number of fused-ring (bicyclic) bond motifs is 3. The predicted molar refractivity (Wildman–Crippen MR) is 130 cm³/mol. The van der Waals surface area contributed by atoms with Crippen LogP contribution in [-0.2, 0) is 19.7 Å². The van der Waals surface area contributed by atoms with Crippen LogP contribution in [0.2, 0.25) is 0 Å². The number of halogens is 6. The number of hydrogen-bond acceptors (Lipinski definition) is 5. The van der Waals surface area contributed by atoms with Crippen molar-refractivity contribution in [1.29, 1.82) is 5.41 Å². The number of alkyl halides is 6. The predicted octanol–water partition coefficient (Wildman–Crippen LogP) is 5.46. The second-order valence-electron chi connectivity index (χ2n) is 9.05. The summed E-state index contributed by atoms with van der Waals surface area (Å²) in [5.41, 5.74) is -13.9. The summed E-state index contributed by atoms with van der Waals surface area (Å²) in [6.07, 6.45) is 3.92. The van der Waals surface area contributed by atoms with E-state index in [2.05, 4.69) is 27.9 Å². The maximum atomic E-state index is 13.0. The highest BCUT2D eigenvalue weighted by Crippen LogP contribution is 2.47. The third-order valence-electron chi connectivity index (χ3n) is 5.66. The van der Waals surface area contributed by atoms with Crippen molar-refractivity contribution in [2.75, 3.05) is 27.2 Å². The van der Waals surface area contributed by atoms with Crippen molar-refractivity contribution >= 4 is 37.0 Å². The van der Waals surface area contributed by atoms with Crippen molar-refractivity contribution in [2.45, 2.75) is 37.7 Å². The average Bonchev–Trinajstić information content (AvgIpc) is 3.11. The first-order chi connectivity index (χ1) is 16.7. The fourth-order valence-electron chi connectivity index (χ4n) is 4.08. The Morgan fingerprint density at radius 2 is 1.27 bits per heavy atom. The zero-order valence-electron chi connectivity index (χ0n) is 20.5. The van der Waals surface area contributed by atoms with Gasteiger partial charge in [-0.25, -0.2) is 16.8 Å². The molecule has 6 nitrogen and oxygen atoms in total. The van der Waals surface area contributed by atoms with Crippen LogP contribution in [0.3, 0.4) is 0 Å². The lowest BCUT2D eigenvalue weighted by atomic mass is 9.95. The number of hydrogen-bond donors (Lipinski definition) is 1. The first-order valence-corrected chi connectivity index (χ1v) is 14.0. The molecule has 1 aromatic rings. The van der Waals surface area contributed by atoms with Gasteiger partial charge in [0.15, 0.2) is 0 Å². The van der Waals surface area contributed by atoms with Crippen molar-refractivity contribution in [3.05, 3.63) is 56.9 Å². The molecule has 0 saturated carbocycles. The minimum atomic E-state index is -6.58. The first kappa shape index (κ1) is 30.8. The maximum Gasteiger partial charge on any atom is 0.502 e. The van der Waals surface area contributed by atoms with E-state index in [4.69, 9.17) is 5.41 Å². The van der Waals surface area contributed by atoms with Crippen molar-refractivity contribution in [2.24, 2.45) is 0 Å². The number of quaternary nitrogens is 1. The van der Waals surface area contributed by atoms with Gasteiger partial charge in [0, 0.05) is 5.57 Å². The molecule has 37 heavy (non-hydrogen) atoms. The molecule has 0 unspecified atom stereocenters. The zero-order valence-corrected chi connectivity index (χ0v) is 22.1. The Morgan fingerprint density at radius 1 is 0.784 bits per heavy atom. The fourth-order valence-corrected chi connectivity index (χ4v) is 6.54. The Hall–Kier alpha value is -2.45. The van der Waals surface area contributed by atoms with Gasteiger partial charge in [0.25, 0.3) is 19.7 Å². The molecule has 0 aromatic heterocycles. The standard InChI is InChI=1S/C15H7F6NO4S2.C8H20N/c16-14(17,18)27(23,24)11-6-9-8-4-2-1-3-7(8)5-10(9)12(22)13(11)28(25,26)15(19,20)21;1-5-7-9(3,4)8-6-2/h1-6,22H;5-8H2,1-4H3/q;+1. The van der Waals surface area contributed by atoms with Crippen LogP contribution in [0.4, 0.5) is 26.3 Å². The SMILES string of the molecule is CCC[N+](C)(C)CCC.N=C1C2=Cc3ccccc3C2=CC(S(=O)(=O)C(F)(F)F)=C1S(=O)(=O)C(F)(F)F. The van der Waals surface area contributed by atoms with Crippen LogP contribution in [0.15, 0.2) is 45.7 Å². The van der Waals surface area contributed by atoms with Gasteiger partial charge in [0.2, 0.25) is 0 Å². The molecule has 1 aromatic carbocycles. The molecular formula is C23H27F6N2O4S2+. The molecule has 0 bridgehead atoms. The number of sulfone groups is 2. The van der Waals surface area contributed by atoms with Gasteiger partial charge < -0.3 is 4.48 Å². The topological polar surface area (TPSA) is 92.1 Å². The molecule has 0 heterocycles. The summed E-state index contributed by atoms with van der Waals surface area (Å²) in [7, 11) is -8.49. The molecule has 0 spiro atoms. The minimum absolute atomic E-state index is 0.153. The lowest BCUT2D eigenvalue weighted by Crippen LogP contribution is -2.40. The summed E-state index contributed by atoms with van der Waals surface area (Å²) >= 11 is 0. The highest BCUT2D eigenvalue weighted by atomic mass is 32.2. The monoisotopic (exact) mass is 573 g/mol. The smallest absolute Gasteiger partial charge is 0.328 e. The lowest BCUT2D eigenvalue weighted by Gasteiger charge is -2.28. The summed E-state index contributed by atoms with van der Waals surface area (Å²) in [5, 5.41) is 7.82. The van der Waals surface area contributed by atoms with Gasteiger partial charge in [-0.3, -0.25) is 5.41 Å². The van der Waals surface area contributed by atoms with Gasteiger partial charge in [0.1, 0.15) is 4.91 Å². The van der Waals surface area contributed by atoms with Crippen LogP contribution in [0, 0.1) is 5.41 Å². The molecule has 3 rings (SSSR count). The Labute approximate surface area is 211 Å². The van der Waals surface area contributed by atoms with Gasteiger partial charge in [-0.05, 0) is 41.7 Å². The molecule has 1 N–H and O–H groups in total. The van der Waals surface area contributed by atoms with E-state index in [0.717, 1.165) is 6.08 Å². The number of nitrogens with one attached hydrogen (secondary N) is 1. The van der Waals surface area contributed by atoms with Gasteiger partial charge >= 0.3 is 11.0 Å². The number of rotatable bonds is 6.